The van der Waals surface area contributed by atoms with Gasteiger partial charge in [0.15, 0.2) is 0 Å². The number of hydrogen-bond acceptors (Lipinski definition) is 4. The van der Waals surface area contributed by atoms with Crippen LogP contribution in [-0.4, -0.2) is 40.3 Å². The standard InChI is InChI=1S/C17H22N4O2/c1-11-15(12(2)21-20-11)8-17(22)19-16-10-23-9-14(16)7-13-3-5-18-6-4-13/h3-6,14,16H,7-10H2,1-2H3,(H,19,22)(H,20,21)/t14-,16+/m1/s1. The number of carbonyl (C=O) groups excluding carboxylic acids is 1. The van der Waals surface area contributed by atoms with Gasteiger partial charge < -0.3 is 10.1 Å². The Morgan fingerprint density at radius 2 is 2.13 bits per heavy atom. The second-order valence-corrected chi connectivity index (χ2v) is 6.12. The van der Waals surface area contributed by atoms with Gasteiger partial charge in [0, 0.05) is 29.6 Å². The molecule has 0 unspecified atom stereocenters. The Hall–Kier alpha value is -2.21. The number of amides is 1. The molecule has 122 valence electrons. The van der Waals surface area contributed by atoms with Crippen molar-refractivity contribution in [3.8, 4) is 0 Å². The molecule has 6 heteroatoms. The summed E-state index contributed by atoms with van der Waals surface area (Å²) < 4.78 is 5.58. The molecule has 3 heterocycles. The Kier molecular flexibility index (Phi) is 4.71. The fourth-order valence-corrected chi connectivity index (χ4v) is 3.03. The molecule has 0 saturated carbocycles. The third kappa shape index (κ3) is 3.76. The second-order valence-electron chi connectivity index (χ2n) is 6.12. The first-order chi connectivity index (χ1) is 11.1. The van der Waals surface area contributed by atoms with E-state index < -0.39 is 0 Å². The minimum atomic E-state index is 0.0211. The minimum Gasteiger partial charge on any atom is -0.379 e. The molecule has 1 saturated heterocycles. The highest BCUT2D eigenvalue weighted by molar-refractivity contribution is 5.79. The van der Waals surface area contributed by atoms with E-state index in [1.54, 1.807) is 12.4 Å². The van der Waals surface area contributed by atoms with E-state index in [9.17, 15) is 4.79 Å². The van der Waals surface area contributed by atoms with Gasteiger partial charge in [0.1, 0.15) is 0 Å². The number of nitrogens with zero attached hydrogens (tertiary/aromatic N) is 2. The second kappa shape index (κ2) is 6.91. The van der Waals surface area contributed by atoms with Crippen LogP contribution >= 0.6 is 0 Å². The molecule has 2 atom stereocenters. The summed E-state index contributed by atoms with van der Waals surface area (Å²) >= 11 is 0. The fourth-order valence-electron chi connectivity index (χ4n) is 3.03. The molecule has 2 aromatic rings. The zero-order chi connectivity index (χ0) is 16.2. The average molecular weight is 314 g/mol. The number of hydrogen-bond donors (Lipinski definition) is 2. The molecule has 0 aromatic carbocycles. The van der Waals surface area contributed by atoms with Crippen molar-refractivity contribution in [2.45, 2.75) is 32.7 Å². The molecule has 1 aliphatic heterocycles. The van der Waals surface area contributed by atoms with E-state index in [0.717, 1.165) is 23.4 Å². The van der Waals surface area contributed by atoms with Crippen molar-refractivity contribution >= 4 is 5.91 Å². The van der Waals surface area contributed by atoms with Gasteiger partial charge in [0.05, 0.1) is 31.4 Å². The van der Waals surface area contributed by atoms with Crippen molar-refractivity contribution in [3.05, 3.63) is 47.0 Å². The molecule has 1 fully saturated rings. The number of carbonyl (C=O) groups is 1. The van der Waals surface area contributed by atoms with Crippen LogP contribution in [0.15, 0.2) is 24.5 Å². The van der Waals surface area contributed by atoms with E-state index in [4.69, 9.17) is 4.74 Å². The van der Waals surface area contributed by atoms with Crippen LogP contribution < -0.4 is 5.32 Å². The SMILES string of the molecule is Cc1n[nH]c(C)c1CC(=O)N[C@H]1COC[C@H]1Cc1ccncc1. The molecule has 1 amide bonds. The van der Waals surface area contributed by atoms with Gasteiger partial charge in [-0.25, -0.2) is 0 Å². The van der Waals surface area contributed by atoms with Gasteiger partial charge >= 0.3 is 0 Å². The summed E-state index contributed by atoms with van der Waals surface area (Å²) in [5.74, 6) is 0.320. The van der Waals surface area contributed by atoms with Gasteiger partial charge in [-0.3, -0.25) is 14.9 Å². The third-order valence-electron chi connectivity index (χ3n) is 4.41. The molecule has 23 heavy (non-hydrogen) atoms. The largest absolute Gasteiger partial charge is 0.379 e. The lowest BCUT2D eigenvalue weighted by molar-refractivity contribution is -0.121. The van der Waals surface area contributed by atoms with E-state index in [0.29, 0.717) is 25.6 Å². The number of aryl methyl sites for hydroxylation is 2. The summed E-state index contributed by atoms with van der Waals surface area (Å²) in [6.45, 7) is 5.10. The lowest BCUT2D eigenvalue weighted by atomic mass is 9.95. The Labute approximate surface area is 135 Å². The zero-order valence-corrected chi connectivity index (χ0v) is 13.5. The number of pyridine rings is 1. The van der Waals surface area contributed by atoms with E-state index in [1.807, 2.05) is 26.0 Å². The van der Waals surface area contributed by atoms with Crippen molar-refractivity contribution < 1.29 is 9.53 Å². The van der Waals surface area contributed by atoms with Crippen LogP contribution in [0.25, 0.3) is 0 Å². The fraction of sp³-hybridized carbons (Fsp3) is 0.471. The third-order valence-corrected chi connectivity index (χ3v) is 4.41. The highest BCUT2D eigenvalue weighted by Crippen LogP contribution is 2.19. The molecule has 0 radical (unpaired) electrons. The summed E-state index contributed by atoms with van der Waals surface area (Å²) in [4.78, 5) is 16.4. The first-order valence-electron chi connectivity index (χ1n) is 7.90. The van der Waals surface area contributed by atoms with Crippen LogP contribution in [0, 0.1) is 19.8 Å². The Bertz CT molecular complexity index is 649. The lowest BCUT2D eigenvalue weighted by Crippen LogP contribution is -2.41. The predicted molar refractivity (Wildman–Crippen MR) is 85.9 cm³/mol. The highest BCUT2D eigenvalue weighted by Gasteiger charge is 2.29. The maximum absolute atomic E-state index is 12.4. The first kappa shape index (κ1) is 15.7. The number of H-pyrrole nitrogens is 1. The molecule has 0 aliphatic carbocycles. The van der Waals surface area contributed by atoms with Crippen molar-refractivity contribution in [1.29, 1.82) is 0 Å². The Morgan fingerprint density at radius 1 is 1.35 bits per heavy atom. The molecular weight excluding hydrogens is 292 g/mol. The molecule has 0 spiro atoms. The molecule has 2 N–H and O–H groups in total. The first-order valence-corrected chi connectivity index (χ1v) is 7.90. The number of nitrogens with one attached hydrogen (secondary N) is 2. The highest BCUT2D eigenvalue weighted by atomic mass is 16.5. The van der Waals surface area contributed by atoms with Crippen molar-refractivity contribution in [2.75, 3.05) is 13.2 Å². The van der Waals surface area contributed by atoms with E-state index >= 15 is 0 Å². The normalized spacial score (nSPS) is 20.6. The summed E-state index contributed by atoms with van der Waals surface area (Å²) in [6.07, 6.45) is 4.83. The number of ether oxygens (including phenoxy) is 1. The molecular formula is C17H22N4O2. The Morgan fingerprint density at radius 3 is 2.83 bits per heavy atom. The quantitative estimate of drug-likeness (QED) is 0.873. The van der Waals surface area contributed by atoms with Crippen LogP contribution in [0.4, 0.5) is 0 Å². The van der Waals surface area contributed by atoms with Crippen LogP contribution in [0.1, 0.15) is 22.5 Å². The van der Waals surface area contributed by atoms with E-state index in [-0.39, 0.29) is 11.9 Å². The molecule has 6 nitrogen and oxygen atoms in total. The Balaban J connectivity index is 1.59. The lowest BCUT2D eigenvalue weighted by Gasteiger charge is -2.19. The minimum absolute atomic E-state index is 0.0211. The van der Waals surface area contributed by atoms with Crippen LogP contribution in [0.5, 0.6) is 0 Å². The van der Waals surface area contributed by atoms with Gasteiger partial charge in [-0.15, -0.1) is 0 Å². The van der Waals surface area contributed by atoms with Gasteiger partial charge in [-0.2, -0.15) is 5.10 Å². The van der Waals surface area contributed by atoms with Gasteiger partial charge in [0.25, 0.3) is 0 Å². The predicted octanol–water partition coefficient (Wildman–Crippen LogP) is 1.34. The van der Waals surface area contributed by atoms with Gasteiger partial charge in [-0.05, 0) is 38.0 Å². The van der Waals surface area contributed by atoms with Crippen molar-refractivity contribution in [1.82, 2.24) is 20.5 Å². The zero-order valence-electron chi connectivity index (χ0n) is 13.5. The maximum Gasteiger partial charge on any atom is 0.224 e. The molecule has 1 aliphatic rings. The summed E-state index contributed by atoms with van der Waals surface area (Å²) in [5.41, 5.74) is 4.03. The van der Waals surface area contributed by atoms with Crippen molar-refractivity contribution in [2.24, 2.45) is 5.92 Å². The van der Waals surface area contributed by atoms with Crippen LogP contribution in [0.3, 0.4) is 0 Å². The van der Waals surface area contributed by atoms with Crippen LogP contribution in [0.2, 0.25) is 0 Å². The number of aromatic nitrogens is 3. The average Bonchev–Trinajstić information content (AvgIpc) is 3.10. The molecule has 0 bridgehead atoms. The number of aromatic amines is 1. The summed E-state index contributed by atoms with van der Waals surface area (Å²) in [5, 5.41) is 10.2. The van der Waals surface area contributed by atoms with Gasteiger partial charge in [0.2, 0.25) is 5.91 Å². The summed E-state index contributed by atoms with van der Waals surface area (Å²) in [6, 6.07) is 4.08. The smallest absolute Gasteiger partial charge is 0.224 e. The van der Waals surface area contributed by atoms with Gasteiger partial charge in [-0.1, -0.05) is 0 Å². The monoisotopic (exact) mass is 314 g/mol. The van der Waals surface area contributed by atoms with Crippen molar-refractivity contribution in [3.63, 3.8) is 0 Å². The van der Waals surface area contributed by atoms with E-state index in [1.165, 1.54) is 5.56 Å². The topological polar surface area (TPSA) is 79.9 Å². The summed E-state index contributed by atoms with van der Waals surface area (Å²) in [7, 11) is 0. The maximum atomic E-state index is 12.4. The molecule has 2 aromatic heterocycles. The van der Waals surface area contributed by atoms with Crippen LogP contribution in [-0.2, 0) is 22.4 Å². The molecule has 3 rings (SSSR count). The van der Waals surface area contributed by atoms with E-state index in [2.05, 4.69) is 20.5 Å². The number of rotatable bonds is 5.